The summed E-state index contributed by atoms with van der Waals surface area (Å²) in [5, 5.41) is 0. The van der Waals surface area contributed by atoms with Crippen LogP contribution in [0.25, 0.3) is 0 Å². The zero-order chi connectivity index (χ0) is 10.7. The molecule has 1 unspecified atom stereocenters. The monoisotopic (exact) mass is 211 g/mol. The van der Waals surface area contributed by atoms with E-state index in [1.807, 2.05) is 0 Å². The van der Waals surface area contributed by atoms with Gasteiger partial charge >= 0.3 is 0 Å². The summed E-state index contributed by atoms with van der Waals surface area (Å²) in [6.07, 6.45) is 10.4. The van der Waals surface area contributed by atoms with Gasteiger partial charge in [0.1, 0.15) is 0 Å². The van der Waals surface area contributed by atoms with Gasteiger partial charge in [-0.1, -0.05) is 32.1 Å². The Bertz CT molecular complexity index is 195. The Morgan fingerprint density at radius 1 is 1.27 bits per heavy atom. The molecule has 0 aromatic heterocycles. The maximum absolute atomic E-state index is 6.39. The van der Waals surface area contributed by atoms with Crippen molar-refractivity contribution in [1.82, 2.24) is 0 Å². The van der Waals surface area contributed by atoms with E-state index < -0.39 is 0 Å². The Hall–Kier alpha value is -0.0800. The summed E-state index contributed by atoms with van der Waals surface area (Å²) in [6, 6.07) is 0.283. The maximum Gasteiger partial charge on any atom is 0.0832 e. The highest BCUT2D eigenvalue weighted by atomic mass is 16.5. The van der Waals surface area contributed by atoms with Crippen molar-refractivity contribution >= 4 is 0 Å². The molecule has 0 aromatic rings. The van der Waals surface area contributed by atoms with Crippen molar-refractivity contribution < 1.29 is 4.74 Å². The molecule has 2 saturated carbocycles. The molecule has 2 rings (SSSR count). The molecule has 15 heavy (non-hydrogen) atoms. The van der Waals surface area contributed by atoms with Gasteiger partial charge in [-0.2, -0.15) is 0 Å². The number of nitrogens with two attached hydrogens (primary N) is 1. The van der Waals surface area contributed by atoms with Crippen LogP contribution < -0.4 is 5.73 Å². The predicted octanol–water partition coefficient (Wildman–Crippen LogP) is 2.85. The molecule has 0 aliphatic heterocycles. The third-order valence-corrected chi connectivity index (χ3v) is 4.37. The molecule has 0 spiro atoms. The van der Waals surface area contributed by atoms with Crippen LogP contribution >= 0.6 is 0 Å². The lowest BCUT2D eigenvalue weighted by Gasteiger charge is -2.38. The molecule has 1 atom stereocenters. The second-order valence-electron chi connectivity index (χ2n) is 5.34. The van der Waals surface area contributed by atoms with Crippen LogP contribution in [0.4, 0.5) is 0 Å². The van der Waals surface area contributed by atoms with E-state index in [0.29, 0.717) is 0 Å². The van der Waals surface area contributed by atoms with Gasteiger partial charge in [0.25, 0.3) is 0 Å². The molecule has 0 heterocycles. The largest absolute Gasteiger partial charge is 0.374 e. The third-order valence-electron chi connectivity index (χ3n) is 4.37. The van der Waals surface area contributed by atoms with Crippen LogP contribution in [0, 0.1) is 5.92 Å². The minimum Gasteiger partial charge on any atom is -0.374 e. The fourth-order valence-electron chi connectivity index (χ4n) is 3.19. The van der Waals surface area contributed by atoms with Crippen LogP contribution in [0.15, 0.2) is 0 Å². The Labute approximate surface area is 93.6 Å². The summed E-state index contributed by atoms with van der Waals surface area (Å²) < 4.78 is 6.00. The number of rotatable bonds is 5. The average molecular weight is 211 g/mol. The number of hydrogen-bond acceptors (Lipinski definition) is 2. The van der Waals surface area contributed by atoms with E-state index in [1.165, 1.54) is 51.4 Å². The Balaban J connectivity index is 1.90. The van der Waals surface area contributed by atoms with Gasteiger partial charge in [0.05, 0.1) is 5.60 Å². The van der Waals surface area contributed by atoms with E-state index >= 15 is 0 Å². The van der Waals surface area contributed by atoms with Gasteiger partial charge in [-0.3, -0.25) is 0 Å². The molecule has 0 bridgehead atoms. The van der Waals surface area contributed by atoms with Crippen LogP contribution in [-0.2, 0) is 4.74 Å². The van der Waals surface area contributed by atoms with Gasteiger partial charge in [-0.15, -0.1) is 0 Å². The van der Waals surface area contributed by atoms with Gasteiger partial charge in [0.15, 0.2) is 0 Å². The van der Waals surface area contributed by atoms with Crippen LogP contribution in [-0.4, -0.2) is 18.2 Å². The number of ether oxygens (including phenoxy) is 1. The van der Waals surface area contributed by atoms with Crippen LogP contribution in [0.3, 0.4) is 0 Å². The van der Waals surface area contributed by atoms with Crippen LogP contribution in [0.2, 0.25) is 0 Å². The van der Waals surface area contributed by atoms with Crippen molar-refractivity contribution in [3.63, 3.8) is 0 Å². The van der Waals surface area contributed by atoms with E-state index in [9.17, 15) is 0 Å². The van der Waals surface area contributed by atoms with Crippen molar-refractivity contribution in [2.24, 2.45) is 11.7 Å². The standard InChI is InChI=1S/C13H25NO/c1-2-15-13(8-3-4-9-13)12(14)10-11-6-5-7-11/h11-12H,2-10,14H2,1H3. The highest BCUT2D eigenvalue weighted by molar-refractivity contribution is 4.96. The summed E-state index contributed by atoms with van der Waals surface area (Å²) in [4.78, 5) is 0. The lowest BCUT2D eigenvalue weighted by atomic mass is 9.77. The molecule has 0 aromatic carbocycles. The first-order valence-electron chi connectivity index (χ1n) is 6.66. The molecule has 0 amide bonds. The molecule has 0 saturated heterocycles. The van der Waals surface area contributed by atoms with Gasteiger partial charge in [-0.05, 0) is 32.1 Å². The maximum atomic E-state index is 6.39. The molecule has 2 aliphatic carbocycles. The molecule has 2 N–H and O–H groups in total. The molecule has 0 radical (unpaired) electrons. The van der Waals surface area contributed by atoms with Gasteiger partial charge in [-0.25, -0.2) is 0 Å². The predicted molar refractivity (Wildman–Crippen MR) is 62.8 cm³/mol. The molecule has 88 valence electrons. The van der Waals surface area contributed by atoms with E-state index in [4.69, 9.17) is 10.5 Å². The lowest BCUT2D eigenvalue weighted by Crippen LogP contribution is -2.49. The summed E-state index contributed by atoms with van der Waals surface area (Å²) in [5.74, 6) is 0.901. The second kappa shape index (κ2) is 4.84. The summed E-state index contributed by atoms with van der Waals surface area (Å²) >= 11 is 0. The van der Waals surface area contributed by atoms with E-state index in [0.717, 1.165) is 12.5 Å². The first-order valence-corrected chi connectivity index (χ1v) is 6.66. The van der Waals surface area contributed by atoms with Crippen molar-refractivity contribution in [2.45, 2.75) is 69.9 Å². The smallest absolute Gasteiger partial charge is 0.0832 e. The van der Waals surface area contributed by atoms with Crippen molar-refractivity contribution in [3.8, 4) is 0 Å². The fraction of sp³-hybridized carbons (Fsp3) is 1.00. The first-order chi connectivity index (χ1) is 7.27. The second-order valence-corrected chi connectivity index (χ2v) is 5.34. The highest BCUT2D eigenvalue weighted by Crippen LogP contribution is 2.40. The molecule has 2 fully saturated rings. The summed E-state index contributed by atoms with van der Waals surface area (Å²) in [5.41, 5.74) is 6.43. The van der Waals surface area contributed by atoms with Crippen LogP contribution in [0.1, 0.15) is 58.3 Å². The molecular weight excluding hydrogens is 186 g/mol. The van der Waals surface area contributed by atoms with E-state index in [1.54, 1.807) is 0 Å². The van der Waals surface area contributed by atoms with Crippen LogP contribution in [0.5, 0.6) is 0 Å². The SMILES string of the molecule is CCOC1(C(N)CC2CCC2)CCCC1. The molecule has 2 nitrogen and oxygen atoms in total. The number of hydrogen-bond donors (Lipinski definition) is 1. The van der Waals surface area contributed by atoms with Crippen molar-refractivity contribution in [2.75, 3.05) is 6.61 Å². The molecule has 2 heteroatoms. The normalized spacial score (nSPS) is 27.6. The molecule has 2 aliphatic rings. The summed E-state index contributed by atoms with van der Waals surface area (Å²) in [6.45, 7) is 2.91. The van der Waals surface area contributed by atoms with Crippen molar-refractivity contribution in [3.05, 3.63) is 0 Å². The third kappa shape index (κ3) is 2.36. The quantitative estimate of drug-likeness (QED) is 0.759. The topological polar surface area (TPSA) is 35.2 Å². The average Bonchev–Trinajstić information content (AvgIpc) is 2.61. The first kappa shape index (κ1) is 11.4. The van der Waals surface area contributed by atoms with E-state index in [2.05, 4.69) is 6.92 Å². The fourth-order valence-corrected chi connectivity index (χ4v) is 3.19. The Kier molecular flexibility index (Phi) is 3.68. The molecular formula is C13H25NO. The minimum atomic E-state index is 0.0460. The van der Waals surface area contributed by atoms with Crippen molar-refractivity contribution in [1.29, 1.82) is 0 Å². The lowest BCUT2D eigenvalue weighted by molar-refractivity contribution is -0.0593. The zero-order valence-electron chi connectivity index (χ0n) is 10.0. The van der Waals surface area contributed by atoms with Gasteiger partial charge < -0.3 is 10.5 Å². The Morgan fingerprint density at radius 2 is 1.93 bits per heavy atom. The van der Waals surface area contributed by atoms with Gasteiger partial charge in [0, 0.05) is 12.6 Å². The minimum absolute atomic E-state index is 0.0460. The summed E-state index contributed by atoms with van der Waals surface area (Å²) in [7, 11) is 0. The van der Waals surface area contributed by atoms with E-state index in [-0.39, 0.29) is 11.6 Å². The van der Waals surface area contributed by atoms with Gasteiger partial charge in [0.2, 0.25) is 0 Å². The highest BCUT2D eigenvalue weighted by Gasteiger charge is 2.41. The Morgan fingerprint density at radius 3 is 2.40 bits per heavy atom. The zero-order valence-corrected chi connectivity index (χ0v) is 10.0.